The van der Waals surface area contributed by atoms with Crippen LogP contribution in [0.15, 0.2) is 73.2 Å². The number of aryl methyl sites for hydroxylation is 1. The summed E-state index contributed by atoms with van der Waals surface area (Å²) in [5, 5.41) is 4.35. The highest BCUT2D eigenvalue weighted by Gasteiger charge is 2.09. The Balaban J connectivity index is 1.49. The van der Waals surface area contributed by atoms with Crippen molar-refractivity contribution >= 4 is 28.3 Å². The first kappa shape index (κ1) is 19.4. The Labute approximate surface area is 173 Å². The molecule has 0 unspecified atom stereocenters. The van der Waals surface area contributed by atoms with Gasteiger partial charge >= 0.3 is 6.03 Å². The Kier molecular flexibility index (Phi) is 5.54. The number of anilines is 2. The van der Waals surface area contributed by atoms with Gasteiger partial charge in [-0.25, -0.2) is 15.3 Å². The minimum atomic E-state index is -0.509. The molecule has 0 aliphatic heterocycles. The van der Waals surface area contributed by atoms with Gasteiger partial charge in [-0.15, -0.1) is 0 Å². The van der Waals surface area contributed by atoms with Gasteiger partial charge in [0, 0.05) is 35.2 Å². The minimum Gasteiger partial charge on any atom is -0.398 e. The molecule has 0 aliphatic rings. The Morgan fingerprint density at radius 2 is 1.93 bits per heavy atom. The van der Waals surface area contributed by atoms with E-state index in [2.05, 4.69) is 20.8 Å². The summed E-state index contributed by atoms with van der Waals surface area (Å²) in [4.78, 5) is 25.8. The first-order valence-electron chi connectivity index (χ1n) is 9.43. The van der Waals surface area contributed by atoms with E-state index >= 15 is 0 Å². The van der Waals surface area contributed by atoms with E-state index in [1.807, 2.05) is 61.7 Å². The van der Waals surface area contributed by atoms with Gasteiger partial charge in [-0.05, 0) is 53.3 Å². The van der Waals surface area contributed by atoms with Crippen molar-refractivity contribution < 1.29 is 9.63 Å². The smallest absolute Gasteiger partial charge is 0.344 e. The first-order chi connectivity index (χ1) is 14.6. The standard InChI is InChI=1S/C23H21N5O2/c1-15-7-8-25-12-19(15)17-9-18-11-22(26-13-20(18)21(24)10-17)27-23(29)28-30-14-16-5-3-2-4-6-16/h2-13H,14,24H2,1H3,(H2,26,27,28,29). The molecule has 4 aromatic rings. The monoisotopic (exact) mass is 399 g/mol. The summed E-state index contributed by atoms with van der Waals surface area (Å²) < 4.78 is 0. The zero-order chi connectivity index (χ0) is 20.9. The van der Waals surface area contributed by atoms with Gasteiger partial charge in [0.2, 0.25) is 0 Å². The van der Waals surface area contributed by atoms with Crippen LogP contribution in [0.3, 0.4) is 0 Å². The quantitative estimate of drug-likeness (QED) is 0.340. The lowest BCUT2D eigenvalue weighted by Crippen LogP contribution is -2.29. The summed E-state index contributed by atoms with van der Waals surface area (Å²) in [5.74, 6) is 0.391. The second-order valence-electron chi connectivity index (χ2n) is 6.88. The molecule has 2 aromatic carbocycles. The van der Waals surface area contributed by atoms with E-state index < -0.39 is 6.03 Å². The molecular formula is C23H21N5O2. The number of nitrogens with zero attached hydrogens (tertiary/aromatic N) is 2. The van der Waals surface area contributed by atoms with Crippen molar-refractivity contribution in [3.63, 3.8) is 0 Å². The van der Waals surface area contributed by atoms with Crippen LogP contribution in [0.1, 0.15) is 11.1 Å². The topological polar surface area (TPSA) is 102 Å². The third-order valence-corrected chi connectivity index (χ3v) is 4.71. The highest BCUT2D eigenvalue weighted by atomic mass is 16.7. The number of hydrogen-bond acceptors (Lipinski definition) is 5. The molecule has 0 saturated heterocycles. The van der Waals surface area contributed by atoms with Crippen molar-refractivity contribution in [3.8, 4) is 11.1 Å². The maximum atomic E-state index is 12.1. The van der Waals surface area contributed by atoms with Gasteiger partial charge in [-0.3, -0.25) is 15.1 Å². The van der Waals surface area contributed by atoms with E-state index in [-0.39, 0.29) is 6.61 Å². The average molecular weight is 399 g/mol. The third kappa shape index (κ3) is 4.37. The number of benzene rings is 2. The van der Waals surface area contributed by atoms with E-state index in [0.29, 0.717) is 11.5 Å². The van der Waals surface area contributed by atoms with Gasteiger partial charge in [-0.1, -0.05) is 30.3 Å². The van der Waals surface area contributed by atoms with Crippen molar-refractivity contribution in [2.45, 2.75) is 13.5 Å². The van der Waals surface area contributed by atoms with Crippen LogP contribution in [0.25, 0.3) is 21.9 Å². The fraction of sp³-hybridized carbons (Fsp3) is 0.0870. The summed E-state index contributed by atoms with van der Waals surface area (Å²) in [6, 6.07) is 16.7. The van der Waals surface area contributed by atoms with E-state index in [1.54, 1.807) is 18.5 Å². The molecule has 150 valence electrons. The highest BCUT2D eigenvalue weighted by Crippen LogP contribution is 2.31. The van der Waals surface area contributed by atoms with Crippen LogP contribution < -0.4 is 16.5 Å². The molecule has 0 bridgehead atoms. The fourth-order valence-corrected chi connectivity index (χ4v) is 3.18. The maximum absolute atomic E-state index is 12.1. The van der Waals surface area contributed by atoms with Crippen LogP contribution in [0.2, 0.25) is 0 Å². The third-order valence-electron chi connectivity index (χ3n) is 4.71. The maximum Gasteiger partial charge on any atom is 0.344 e. The SMILES string of the molecule is Cc1ccncc1-c1cc(N)c2cnc(NC(=O)NOCc3ccccc3)cc2c1. The Bertz CT molecular complexity index is 1190. The summed E-state index contributed by atoms with van der Waals surface area (Å²) in [7, 11) is 0. The first-order valence-corrected chi connectivity index (χ1v) is 9.43. The van der Waals surface area contributed by atoms with Crippen LogP contribution in [0.4, 0.5) is 16.3 Å². The molecule has 2 heterocycles. The van der Waals surface area contributed by atoms with Crippen molar-refractivity contribution in [1.29, 1.82) is 0 Å². The van der Waals surface area contributed by atoms with Crippen molar-refractivity contribution in [3.05, 3.63) is 84.3 Å². The number of amides is 2. The number of hydroxylamine groups is 1. The predicted octanol–water partition coefficient (Wildman–Crippen LogP) is 4.44. The number of nitrogens with one attached hydrogen (secondary N) is 2. The molecule has 2 amide bonds. The molecule has 7 heteroatoms. The minimum absolute atomic E-state index is 0.268. The number of pyridine rings is 2. The molecule has 0 aliphatic carbocycles. The average Bonchev–Trinajstić information content (AvgIpc) is 2.74. The fourth-order valence-electron chi connectivity index (χ4n) is 3.18. The second-order valence-corrected chi connectivity index (χ2v) is 6.88. The Hall–Kier alpha value is -3.97. The number of nitrogen functional groups attached to an aromatic ring is 1. The number of nitrogens with two attached hydrogens (primary N) is 1. The van der Waals surface area contributed by atoms with Crippen molar-refractivity contribution in [2.24, 2.45) is 0 Å². The van der Waals surface area contributed by atoms with Crippen LogP contribution in [-0.2, 0) is 11.4 Å². The van der Waals surface area contributed by atoms with Gasteiger partial charge in [0.1, 0.15) is 5.82 Å². The molecule has 7 nitrogen and oxygen atoms in total. The van der Waals surface area contributed by atoms with Gasteiger partial charge in [0.25, 0.3) is 0 Å². The van der Waals surface area contributed by atoms with E-state index in [9.17, 15) is 4.79 Å². The lowest BCUT2D eigenvalue weighted by molar-refractivity contribution is 0.0535. The number of carbonyl (C=O) groups is 1. The Morgan fingerprint density at radius 3 is 2.73 bits per heavy atom. The number of urea groups is 1. The molecule has 4 rings (SSSR count). The van der Waals surface area contributed by atoms with E-state index in [1.165, 1.54) is 0 Å². The molecule has 2 aromatic heterocycles. The van der Waals surface area contributed by atoms with Gasteiger partial charge in [-0.2, -0.15) is 0 Å². The zero-order valence-electron chi connectivity index (χ0n) is 16.4. The molecular weight excluding hydrogens is 378 g/mol. The van der Waals surface area contributed by atoms with Gasteiger partial charge in [0.15, 0.2) is 0 Å². The molecule has 30 heavy (non-hydrogen) atoms. The number of hydrogen-bond donors (Lipinski definition) is 3. The molecule has 0 radical (unpaired) electrons. The summed E-state index contributed by atoms with van der Waals surface area (Å²) in [6.45, 7) is 2.29. The largest absolute Gasteiger partial charge is 0.398 e. The lowest BCUT2D eigenvalue weighted by atomic mass is 9.99. The number of fused-ring (bicyclic) bond motifs is 1. The molecule has 4 N–H and O–H groups in total. The van der Waals surface area contributed by atoms with Crippen LogP contribution in [0, 0.1) is 6.92 Å². The van der Waals surface area contributed by atoms with Crippen molar-refractivity contribution in [2.75, 3.05) is 11.1 Å². The van der Waals surface area contributed by atoms with E-state index in [0.717, 1.165) is 33.0 Å². The number of rotatable bonds is 5. The van der Waals surface area contributed by atoms with Crippen LogP contribution >= 0.6 is 0 Å². The molecule has 0 spiro atoms. The summed E-state index contributed by atoms with van der Waals surface area (Å²) in [6.07, 6.45) is 5.21. The van der Waals surface area contributed by atoms with Crippen molar-refractivity contribution in [1.82, 2.24) is 15.4 Å². The predicted molar refractivity (Wildman–Crippen MR) is 118 cm³/mol. The zero-order valence-corrected chi connectivity index (χ0v) is 16.4. The molecule has 0 fully saturated rings. The number of carbonyl (C=O) groups excluding carboxylic acids is 1. The van der Waals surface area contributed by atoms with E-state index in [4.69, 9.17) is 10.6 Å². The normalized spacial score (nSPS) is 10.7. The van der Waals surface area contributed by atoms with Gasteiger partial charge in [0.05, 0.1) is 6.61 Å². The lowest BCUT2D eigenvalue weighted by Gasteiger charge is -2.11. The molecule has 0 saturated carbocycles. The van der Waals surface area contributed by atoms with Crippen LogP contribution in [0.5, 0.6) is 0 Å². The summed E-state index contributed by atoms with van der Waals surface area (Å²) in [5.41, 5.74) is 13.2. The Morgan fingerprint density at radius 1 is 1.10 bits per heavy atom. The summed E-state index contributed by atoms with van der Waals surface area (Å²) >= 11 is 0. The van der Waals surface area contributed by atoms with Gasteiger partial charge < -0.3 is 5.73 Å². The number of aromatic nitrogens is 2. The second kappa shape index (κ2) is 8.59. The van der Waals surface area contributed by atoms with Crippen LogP contribution in [-0.4, -0.2) is 16.0 Å². The highest BCUT2D eigenvalue weighted by molar-refractivity contribution is 5.99. The molecule has 0 atom stereocenters.